The van der Waals surface area contributed by atoms with Crippen molar-refractivity contribution in [1.29, 1.82) is 0 Å². The highest BCUT2D eigenvalue weighted by Crippen LogP contribution is 2.68. The molecule has 4 fully saturated rings. The Labute approximate surface area is 246 Å². The zero-order chi connectivity index (χ0) is 29.7. The average Bonchev–Trinajstić information content (AvgIpc) is 3.27. The summed E-state index contributed by atoms with van der Waals surface area (Å²) in [5.74, 6) is 1.11. The van der Waals surface area contributed by atoms with E-state index < -0.39 is 28.4 Å². The van der Waals surface area contributed by atoms with Crippen molar-refractivity contribution in [3.05, 3.63) is 29.8 Å². The average molecular weight is 591 g/mol. The highest BCUT2D eigenvalue weighted by molar-refractivity contribution is 7.86. The number of ether oxygens (including phenoxy) is 1. The van der Waals surface area contributed by atoms with Gasteiger partial charge in [-0.15, -0.1) is 0 Å². The second kappa shape index (κ2) is 11.5. The topological polar surface area (TPSA) is 110 Å². The molecule has 8 heteroatoms. The highest BCUT2D eigenvalue weighted by atomic mass is 32.2. The number of aryl methyl sites for hydroxylation is 1. The van der Waals surface area contributed by atoms with Crippen molar-refractivity contribution in [1.82, 2.24) is 0 Å². The Morgan fingerprint density at radius 2 is 1.76 bits per heavy atom. The molecule has 0 heterocycles. The van der Waals surface area contributed by atoms with Crippen molar-refractivity contribution in [3.8, 4) is 0 Å². The first-order valence-electron chi connectivity index (χ1n) is 15.8. The van der Waals surface area contributed by atoms with Gasteiger partial charge in [0.25, 0.3) is 10.1 Å². The maximum Gasteiger partial charge on any atom is 0.305 e. The molecule has 1 aromatic carbocycles. The number of fused-ring (bicyclic) bond motifs is 5. The van der Waals surface area contributed by atoms with Crippen LogP contribution in [0.1, 0.15) is 91.0 Å². The maximum absolute atomic E-state index is 13.0. The van der Waals surface area contributed by atoms with Crippen LogP contribution in [0.3, 0.4) is 0 Å². The first-order chi connectivity index (χ1) is 19.3. The summed E-state index contributed by atoms with van der Waals surface area (Å²) in [6.07, 6.45) is 5.20. The fourth-order valence-electron chi connectivity index (χ4n) is 9.92. The molecule has 0 aliphatic heterocycles. The molecule has 2 N–H and O–H groups in total. The van der Waals surface area contributed by atoms with E-state index in [2.05, 4.69) is 20.8 Å². The lowest BCUT2D eigenvalue weighted by molar-refractivity contribution is -0.206. The molecule has 11 atom stereocenters. The molecular weight excluding hydrogens is 540 g/mol. The summed E-state index contributed by atoms with van der Waals surface area (Å²) in [6, 6.07) is 6.75. The third-order valence-corrected chi connectivity index (χ3v) is 13.6. The fraction of sp³-hybridized carbons (Fsp3) is 0.788. The minimum absolute atomic E-state index is 0.0761. The van der Waals surface area contributed by atoms with Crippen molar-refractivity contribution >= 4 is 16.1 Å². The molecule has 0 radical (unpaired) electrons. The largest absolute Gasteiger partial charge is 0.466 e. The number of hydrogen-bond acceptors (Lipinski definition) is 7. The molecule has 4 aliphatic rings. The van der Waals surface area contributed by atoms with Gasteiger partial charge in [-0.25, -0.2) is 0 Å². The SMILES string of the molecule is CCOC(=O)CC[C@@H](C)C1CC[C@H]2[C@@H]3[C@H](O)C[C@@H]4C[C@H](OS(=O)(=O)c5ccc(C)cc5)CC[C@]4(C)[C@H]3C[C@H](O)[C@]12C. The van der Waals surface area contributed by atoms with E-state index in [4.69, 9.17) is 8.92 Å². The molecule has 4 aliphatic carbocycles. The molecule has 7 nitrogen and oxygen atoms in total. The van der Waals surface area contributed by atoms with E-state index in [9.17, 15) is 23.4 Å². The van der Waals surface area contributed by atoms with E-state index in [0.29, 0.717) is 44.6 Å². The summed E-state index contributed by atoms with van der Waals surface area (Å²) in [5, 5.41) is 23.5. The second-order valence-corrected chi connectivity index (χ2v) is 15.8. The zero-order valence-electron chi connectivity index (χ0n) is 25.4. The monoisotopic (exact) mass is 590 g/mol. The van der Waals surface area contributed by atoms with Gasteiger partial charge in [0.05, 0.1) is 29.8 Å². The lowest BCUT2D eigenvalue weighted by Gasteiger charge is -2.63. The Balaban J connectivity index is 1.30. The second-order valence-electron chi connectivity index (χ2n) is 14.2. The van der Waals surface area contributed by atoms with Crippen LogP contribution in [0.2, 0.25) is 0 Å². The van der Waals surface area contributed by atoms with Crippen molar-refractivity contribution < 1.29 is 32.3 Å². The van der Waals surface area contributed by atoms with E-state index in [1.807, 2.05) is 13.8 Å². The van der Waals surface area contributed by atoms with Crippen molar-refractivity contribution in [2.24, 2.45) is 46.3 Å². The minimum Gasteiger partial charge on any atom is -0.466 e. The molecule has 1 unspecified atom stereocenters. The van der Waals surface area contributed by atoms with Crippen molar-refractivity contribution in [2.45, 2.75) is 116 Å². The summed E-state index contributed by atoms with van der Waals surface area (Å²) >= 11 is 0. The normalized spacial score (nSPS) is 41.1. The van der Waals surface area contributed by atoms with Gasteiger partial charge in [-0.3, -0.25) is 8.98 Å². The van der Waals surface area contributed by atoms with Crippen LogP contribution in [-0.2, 0) is 23.8 Å². The van der Waals surface area contributed by atoms with Gasteiger partial charge in [-0.1, -0.05) is 38.5 Å². The molecule has 0 aromatic heterocycles. The van der Waals surface area contributed by atoms with Gasteiger partial charge >= 0.3 is 5.97 Å². The van der Waals surface area contributed by atoms with Crippen LogP contribution in [0.25, 0.3) is 0 Å². The smallest absolute Gasteiger partial charge is 0.305 e. The third-order valence-electron chi connectivity index (χ3n) is 12.2. The molecule has 0 bridgehead atoms. The minimum atomic E-state index is -3.86. The van der Waals surface area contributed by atoms with Gasteiger partial charge in [0.15, 0.2) is 0 Å². The third kappa shape index (κ3) is 5.51. The van der Waals surface area contributed by atoms with Crippen LogP contribution in [0.4, 0.5) is 0 Å². The number of carbonyl (C=O) groups is 1. The molecule has 0 spiro atoms. The van der Waals surface area contributed by atoms with Crippen molar-refractivity contribution in [3.63, 3.8) is 0 Å². The Morgan fingerprint density at radius 3 is 2.44 bits per heavy atom. The van der Waals surface area contributed by atoms with Gasteiger partial charge in [-0.05, 0) is 124 Å². The van der Waals surface area contributed by atoms with E-state index >= 15 is 0 Å². The molecule has 0 saturated heterocycles. The molecule has 1 aromatic rings. The summed E-state index contributed by atoms with van der Waals surface area (Å²) in [4.78, 5) is 12.2. The molecule has 5 rings (SSSR count). The van der Waals surface area contributed by atoms with Gasteiger partial charge in [0.2, 0.25) is 0 Å². The van der Waals surface area contributed by atoms with E-state index in [-0.39, 0.29) is 51.3 Å². The van der Waals surface area contributed by atoms with Crippen LogP contribution in [-0.4, -0.2) is 49.5 Å². The van der Waals surface area contributed by atoms with E-state index in [1.54, 1.807) is 24.3 Å². The Kier molecular flexibility index (Phi) is 8.72. The van der Waals surface area contributed by atoms with Gasteiger partial charge in [-0.2, -0.15) is 8.42 Å². The van der Waals surface area contributed by atoms with E-state index in [1.165, 1.54) is 0 Å². The van der Waals surface area contributed by atoms with Crippen molar-refractivity contribution in [2.75, 3.05) is 6.61 Å². The number of carbonyl (C=O) groups excluding carboxylic acids is 1. The number of rotatable bonds is 8. The lowest BCUT2D eigenvalue weighted by Crippen LogP contribution is -2.62. The predicted molar refractivity (Wildman–Crippen MR) is 156 cm³/mol. The maximum atomic E-state index is 13.0. The number of esters is 1. The standard InChI is InChI=1S/C33H50O7S/c1-6-39-30(36)14-9-21(3)25-12-13-26-31-27(19-29(35)33(25,26)5)32(4)16-15-23(17-22(32)18-28(31)34)40-41(37,38)24-10-7-20(2)8-11-24/h7-8,10-11,21-23,25-29,31,34-35H,6,9,12-19H2,1-5H3/t21-,22+,23-,25?,26+,27+,28-,29+,31+,32+,33-/m1/s1. The lowest BCUT2D eigenvalue weighted by atomic mass is 9.43. The van der Waals surface area contributed by atoms with Crippen LogP contribution >= 0.6 is 0 Å². The Morgan fingerprint density at radius 1 is 1.05 bits per heavy atom. The Bertz CT molecular complexity index is 1200. The fourth-order valence-corrected chi connectivity index (χ4v) is 11.0. The summed E-state index contributed by atoms with van der Waals surface area (Å²) < 4.78 is 37.0. The molecule has 0 amide bonds. The number of benzene rings is 1. The van der Waals surface area contributed by atoms with Crippen LogP contribution in [0, 0.1) is 53.3 Å². The van der Waals surface area contributed by atoms with Gasteiger partial charge in [0.1, 0.15) is 0 Å². The van der Waals surface area contributed by atoms with Crippen LogP contribution in [0.15, 0.2) is 29.2 Å². The summed E-state index contributed by atoms with van der Waals surface area (Å²) in [6.45, 7) is 10.9. The summed E-state index contributed by atoms with van der Waals surface area (Å²) in [5.41, 5.74) is 0.628. The first kappa shape index (κ1) is 31.0. The van der Waals surface area contributed by atoms with Gasteiger partial charge < -0.3 is 14.9 Å². The predicted octanol–water partition coefficient (Wildman–Crippen LogP) is 5.65. The van der Waals surface area contributed by atoms with E-state index in [0.717, 1.165) is 31.2 Å². The first-order valence-corrected chi connectivity index (χ1v) is 17.2. The van der Waals surface area contributed by atoms with Crippen LogP contribution in [0.5, 0.6) is 0 Å². The van der Waals surface area contributed by atoms with Gasteiger partial charge in [0, 0.05) is 6.42 Å². The number of aliphatic hydroxyl groups is 2. The summed E-state index contributed by atoms with van der Waals surface area (Å²) in [7, 11) is -3.86. The molecular formula is C33H50O7S. The quantitative estimate of drug-likeness (QED) is 0.297. The Hall–Kier alpha value is -1.48. The van der Waals surface area contributed by atoms with Crippen LogP contribution < -0.4 is 0 Å². The molecule has 41 heavy (non-hydrogen) atoms. The number of aliphatic hydroxyl groups excluding tert-OH is 2. The highest BCUT2D eigenvalue weighted by Gasteiger charge is 2.65. The number of hydrogen-bond donors (Lipinski definition) is 2. The molecule has 4 saturated carbocycles. The zero-order valence-corrected chi connectivity index (χ0v) is 26.2. The molecule has 230 valence electrons.